The Balaban J connectivity index is 3.15. The first-order chi connectivity index (χ1) is 7.99. The molecule has 0 aliphatic carbocycles. The molecule has 3 nitrogen and oxygen atoms in total. The van der Waals surface area contributed by atoms with Crippen molar-refractivity contribution in [3.8, 4) is 11.5 Å². The third kappa shape index (κ3) is 3.48. The van der Waals surface area contributed by atoms with E-state index in [2.05, 4.69) is 22.5 Å². The first-order valence-corrected chi connectivity index (χ1v) is 6.10. The van der Waals surface area contributed by atoms with E-state index in [9.17, 15) is 0 Å². The number of rotatable bonds is 5. The van der Waals surface area contributed by atoms with E-state index in [1.165, 1.54) is 0 Å². The minimum Gasteiger partial charge on any atom is -0.496 e. The summed E-state index contributed by atoms with van der Waals surface area (Å²) in [5.41, 5.74) is 8.10. The minimum absolute atomic E-state index is 0.135. The van der Waals surface area contributed by atoms with Crippen LogP contribution in [0.4, 0.5) is 0 Å². The van der Waals surface area contributed by atoms with Crippen LogP contribution in [0.2, 0.25) is 0 Å². The highest BCUT2D eigenvalue weighted by Gasteiger charge is 2.15. The van der Waals surface area contributed by atoms with Gasteiger partial charge in [-0.05, 0) is 41.4 Å². The summed E-state index contributed by atoms with van der Waals surface area (Å²) in [6.07, 6.45) is 0.723. The Morgan fingerprint density at radius 1 is 1.35 bits per heavy atom. The van der Waals surface area contributed by atoms with Gasteiger partial charge in [-0.1, -0.05) is 5.57 Å². The molecule has 0 aliphatic heterocycles. The second kappa shape index (κ2) is 6.07. The van der Waals surface area contributed by atoms with E-state index in [0.717, 1.165) is 33.5 Å². The maximum atomic E-state index is 6.13. The summed E-state index contributed by atoms with van der Waals surface area (Å²) in [5, 5.41) is 0. The molecule has 0 fully saturated rings. The van der Waals surface area contributed by atoms with Gasteiger partial charge < -0.3 is 15.2 Å². The van der Waals surface area contributed by atoms with Crippen molar-refractivity contribution in [3.05, 3.63) is 34.3 Å². The number of nitrogens with two attached hydrogens (primary N) is 1. The van der Waals surface area contributed by atoms with Crippen molar-refractivity contribution < 1.29 is 9.47 Å². The highest BCUT2D eigenvalue weighted by atomic mass is 79.9. The van der Waals surface area contributed by atoms with E-state index < -0.39 is 0 Å². The van der Waals surface area contributed by atoms with Gasteiger partial charge in [0, 0.05) is 11.6 Å². The fourth-order valence-electron chi connectivity index (χ4n) is 1.66. The third-order valence-electron chi connectivity index (χ3n) is 2.47. The number of ether oxygens (including phenoxy) is 2. The molecule has 0 aromatic heterocycles. The van der Waals surface area contributed by atoms with Crippen LogP contribution in [-0.2, 0) is 0 Å². The smallest absolute Gasteiger partial charge is 0.133 e. The molecular weight excluding hydrogens is 282 g/mol. The number of methoxy groups -OCH3 is 2. The summed E-state index contributed by atoms with van der Waals surface area (Å²) < 4.78 is 11.4. The van der Waals surface area contributed by atoms with Crippen LogP contribution in [-0.4, -0.2) is 14.2 Å². The van der Waals surface area contributed by atoms with Gasteiger partial charge >= 0.3 is 0 Å². The zero-order valence-electron chi connectivity index (χ0n) is 10.4. The molecule has 0 heterocycles. The molecule has 0 saturated heterocycles. The van der Waals surface area contributed by atoms with Gasteiger partial charge in [-0.3, -0.25) is 0 Å². The first kappa shape index (κ1) is 14.1. The van der Waals surface area contributed by atoms with E-state index >= 15 is 0 Å². The topological polar surface area (TPSA) is 44.5 Å². The van der Waals surface area contributed by atoms with Crippen LogP contribution in [0.3, 0.4) is 0 Å². The lowest BCUT2D eigenvalue weighted by Crippen LogP contribution is -2.12. The summed E-state index contributed by atoms with van der Waals surface area (Å²) in [4.78, 5) is 0. The third-order valence-corrected chi connectivity index (χ3v) is 3.09. The molecule has 0 saturated carbocycles. The van der Waals surface area contributed by atoms with E-state index in [1.807, 2.05) is 19.1 Å². The maximum Gasteiger partial charge on any atom is 0.133 e. The summed E-state index contributed by atoms with van der Waals surface area (Å²) in [6, 6.07) is 3.63. The Labute approximate surface area is 111 Å². The van der Waals surface area contributed by atoms with Crippen molar-refractivity contribution in [1.82, 2.24) is 0 Å². The van der Waals surface area contributed by atoms with Crippen LogP contribution in [0, 0.1) is 0 Å². The predicted octanol–water partition coefficient (Wildman–Crippen LogP) is 3.43. The first-order valence-electron chi connectivity index (χ1n) is 5.31. The Morgan fingerprint density at radius 2 is 1.94 bits per heavy atom. The van der Waals surface area contributed by atoms with E-state index in [-0.39, 0.29) is 6.04 Å². The van der Waals surface area contributed by atoms with Crippen LogP contribution in [0.1, 0.15) is 24.9 Å². The standard InChI is InChI=1S/C13H18BrNO2/c1-8(2)5-11(15)9-6-13(17-4)10(14)7-12(9)16-3/h6-7,11H,1,5,15H2,2-4H3/t11-/m0/s1. The van der Waals surface area contributed by atoms with Gasteiger partial charge in [0.2, 0.25) is 0 Å². The SMILES string of the molecule is C=C(C)C[C@H](N)c1cc(OC)c(Br)cc1OC. The zero-order chi connectivity index (χ0) is 13.0. The van der Waals surface area contributed by atoms with E-state index in [4.69, 9.17) is 15.2 Å². The lowest BCUT2D eigenvalue weighted by atomic mass is 10.00. The monoisotopic (exact) mass is 299 g/mol. The molecule has 0 amide bonds. The van der Waals surface area contributed by atoms with Gasteiger partial charge in [0.25, 0.3) is 0 Å². The van der Waals surface area contributed by atoms with Gasteiger partial charge in [-0.2, -0.15) is 0 Å². The largest absolute Gasteiger partial charge is 0.496 e. The minimum atomic E-state index is -0.135. The molecule has 94 valence electrons. The van der Waals surface area contributed by atoms with Crippen LogP contribution < -0.4 is 15.2 Å². The van der Waals surface area contributed by atoms with Crippen molar-refractivity contribution in [2.45, 2.75) is 19.4 Å². The number of benzene rings is 1. The molecule has 1 aromatic rings. The Bertz CT molecular complexity index is 418. The second-order valence-corrected chi connectivity index (χ2v) is 4.85. The normalized spacial score (nSPS) is 12.1. The lowest BCUT2D eigenvalue weighted by Gasteiger charge is -2.17. The molecule has 17 heavy (non-hydrogen) atoms. The van der Waals surface area contributed by atoms with Crippen LogP contribution >= 0.6 is 15.9 Å². The maximum absolute atomic E-state index is 6.13. The van der Waals surface area contributed by atoms with Crippen LogP contribution in [0.5, 0.6) is 11.5 Å². The predicted molar refractivity (Wildman–Crippen MR) is 73.6 cm³/mol. The molecule has 0 bridgehead atoms. The van der Waals surface area contributed by atoms with Crippen molar-refractivity contribution in [1.29, 1.82) is 0 Å². The van der Waals surface area contributed by atoms with Gasteiger partial charge in [-0.25, -0.2) is 0 Å². The molecule has 0 unspecified atom stereocenters. The molecule has 1 rings (SSSR count). The zero-order valence-corrected chi connectivity index (χ0v) is 12.0. The quantitative estimate of drug-likeness (QED) is 0.847. The van der Waals surface area contributed by atoms with Gasteiger partial charge in [-0.15, -0.1) is 6.58 Å². The summed E-state index contributed by atoms with van der Waals surface area (Å²) in [7, 11) is 3.26. The molecule has 0 aliphatic rings. The van der Waals surface area contributed by atoms with Crippen molar-refractivity contribution in [3.63, 3.8) is 0 Å². The molecule has 2 N–H and O–H groups in total. The van der Waals surface area contributed by atoms with Crippen LogP contribution in [0.25, 0.3) is 0 Å². The van der Waals surface area contributed by atoms with E-state index in [0.29, 0.717) is 0 Å². The van der Waals surface area contributed by atoms with E-state index in [1.54, 1.807) is 14.2 Å². The fraction of sp³-hybridized carbons (Fsp3) is 0.385. The Kier molecular flexibility index (Phi) is 5.02. The molecule has 0 radical (unpaired) electrons. The Morgan fingerprint density at radius 3 is 2.41 bits per heavy atom. The molecule has 1 atom stereocenters. The number of hydrogen-bond donors (Lipinski definition) is 1. The highest BCUT2D eigenvalue weighted by molar-refractivity contribution is 9.10. The van der Waals surface area contributed by atoms with Crippen molar-refractivity contribution >= 4 is 15.9 Å². The highest BCUT2D eigenvalue weighted by Crippen LogP contribution is 2.36. The van der Waals surface area contributed by atoms with Gasteiger partial charge in [0.15, 0.2) is 0 Å². The summed E-state index contributed by atoms with van der Waals surface area (Å²) in [6.45, 7) is 5.84. The average molecular weight is 300 g/mol. The Hall–Kier alpha value is -1.00. The molecule has 4 heteroatoms. The van der Waals surface area contributed by atoms with Crippen molar-refractivity contribution in [2.24, 2.45) is 5.73 Å². The number of halogens is 1. The fourth-order valence-corrected chi connectivity index (χ4v) is 2.14. The molecule has 0 spiro atoms. The second-order valence-electron chi connectivity index (χ2n) is 4.00. The number of hydrogen-bond acceptors (Lipinski definition) is 3. The van der Waals surface area contributed by atoms with Gasteiger partial charge in [0.05, 0.1) is 18.7 Å². The van der Waals surface area contributed by atoms with Crippen molar-refractivity contribution in [2.75, 3.05) is 14.2 Å². The lowest BCUT2D eigenvalue weighted by molar-refractivity contribution is 0.393. The summed E-state index contributed by atoms with van der Waals surface area (Å²) in [5.74, 6) is 1.50. The molecular formula is C13H18BrNO2. The summed E-state index contributed by atoms with van der Waals surface area (Å²) >= 11 is 3.42. The van der Waals surface area contributed by atoms with Gasteiger partial charge in [0.1, 0.15) is 11.5 Å². The van der Waals surface area contributed by atoms with Crippen LogP contribution in [0.15, 0.2) is 28.8 Å². The average Bonchev–Trinajstić information content (AvgIpc) is 2.27. The molecule has 1 aromatic carbocycles.